The van der Waals surface area contributed by atoms with Crippen LogP contribution in [0.25, 0.3) is 5.65 Å². The zero-order chi connectivity index (χ0) is 10.1. The minimum atomic E-state index is -0.342. The van der Waals surface area contributed by atoms with Gasteiger partial charge in [0.2, 0.25) is 0 Å². The molecular formula is C9H7IN2O2. The third kappa shape index (κ3) is 1.47. The molecule has 2 rings (SSSR count). The van der Waals surface area contributed by atoms with Crippen LogP contribution >= 0.6 is 22.6 Å². The number of aromatic nitrogens is 2. The molecule has 0 unspecified atom stereocenters. The van der Waals surface area contributed by atoms with E-state index in [4.69, 9.17) is 0 Å². The molecule has 72 valence electrons. The third-order valence-corrected chi connectivity index (χ3v) is 2.69. The van der Waals surface area contributed by atoms with Crippen molar-refractivity contribution in [1.82, 2.24) is 9.38 Å². The summed E-state index contributed by atoms with van der Waals surface area (Å²) in [6, 6.07) is 3.41. The predicted octanol–water partition coefficient (Wildman–Crippen LogP) is 1.73. The highest BCUT2D eigenvalue weighted by Crippen LogP contribution is 2.11. The standard InChI is InChI=1S/C9H7IN2O2/c1-14-9(13)6-2-3-12-7(10)5-11-8(12)4-6/h2-5H,1H3. The Kier molecular flexibility index (Phi) is 2.40. The number of imidazole rings is 1. The minimum absolute atomic E-state index is 0.342. The first kappa shape index (κ1) is 9.45. The van der Waals surface area contributed by atoms with E-state index in [1.54, 1.807) is 24.5 Å². The van der Waals surface area contributed by atoms with Crippen molar-refractivity contribution in [2.24, 2.45) is 0 Å². The maximum atomic E-state index is 11.2. The fraction of sp³-hybridized carbons (Fsp3) is 0.111. The molecule has 0 fully saturated rings. The summed E-state index contributed by atoms with van der Waals surface area (Å²) in [6.07, 6.45) is 3.55. The second kappa shape index (κ2) is 3.56. The van der Waals surface area contributed by atoms with Crippen LogP contribution in [-0.2, 0) is 4.74 Å². The van der Waals surface area contributed by atoms with Gasteiger partial charge in [-0.1, -0.05) is 0 Å². The second-order valence-corrected chi connectivity index (χ2v) is 3.82. The smallest absolute Gasteiger partial charge is 0.338 e. The highest BCUT2D eigenvalue weighted by atomic mass is 127. The molecule has 0 aromatic carbocycles. The number of rotatable bonds is 1. The quantitative estimate of drug-likeness (QED) is 0.595. The van der Waals surface area contributed by atoms with Crippen molar-refractivity contribution in [3.05, 3.63) is 33.8 Å². The Balaban J connectivity index is 2.57. The van der Waals surface area contributed by atoms with Gasteiger partial charge in [0.25, 0.3) is 0 Å². The van der Waals surface area contributed by atoms with E-state index in [0.717, 1.165) is 9.35 Å². The lowest BCUT2D eigenvalue weighted by molar-refractivity contribution is 0.0600. The van der Waals surface area contributed by atoms with Crippen LogP contribution in [0, 0.1) is 3.70 Å². The normalized spacial score (nSPS) is 10.4. The number of nitrogens with zero attached hydrogens (tertiary/aromatic N) is 2. The van der Waals surface area contributed by atoms with Crippen LogP contribution in [0.5, 0.6) is 0 Å². The maximum Gasteiger partial charge on any atom is 0.338 e. The summed E-state index contributed by atoms with van der Waals surface area (Å²) in [4.78, 5) is 15.3. The van der Waals surface area contributed by atoms with Crippen LogP contribution in [0.1, 0.15) is 10.4 Å². The topological polar surface area (TPSA) is 43.6 Å². The van der Waals surface area contributed by atoms with E-state index in [0.29, 0.717) is 5.56 Å². The minimum Gasteiger partial charge on any atom is -0.465 e. The van der Waals surface area contributed by atoms with Crippen molar-refractivity contribution in [2.45, 2.75) is 0 Å². The van der Waals surface area contributed by atoms with Crippen molar-refractivity contribution >= 4 is 34.2 Å². The van der Waals surface area contributed by atoms with Crippen LogP contribution in [0.2, 0.25) is 0 Å². The number of methoxy groups -OCH3 is 1. The molecule has 5 heteroatoms. The number of pyridine rings is 1. The summed E-state index contributed by atoms with van der Waals surface area (Å²) < 4.78 is 7.52. The van der Waals surface area contributed by atoms with Gasteiger partial charge in [-0.3, -0.25) is 4.40 Å². The Morgan fingerprint density at radius 2 is 2.43 bits per heavy atom. The Morgan fingerprint density at radius 3 is 3.14 bits per heavy atom. The van der Waals surface area contributed by atoms with Crippen molar-refractivity contribution in [1.29, 1.82) is 0 Å². The number of hydrogen-bond acceptors (Lipinski definition) is 3. The molecule has 0 bridgehead atoms. The van der Waals surface area contributed by atoms with Gasteiger partial charge in [-0.2, -0.15) is 0 Å². The van der Waals surface area contributed by atoms with Crippen molar-refractivity contribution < 1.29 is 9.53 Å². The van der Waals surface area contributed by atoms with Crippen LogP contribution in [0.4, 0.5) is 0 Å². The van der Waals surface area contributed by atoms with E-state index in [1.165, 1.54) is 7.11 Å². The van der Waals surface area contributed by atoms with Crippen molar-refractivity contribution in [2.75, 3.05) is 7.11 Å². The Hall–Kier alpha value is -1.11. The molecule has 0 aliphatic carbocycles. The van der Waals surface area contributed by atoms with Crippen LogP contribution in [0.3, 0.4) is 0 Å². The van der Waals surface area contributed by atoms with Gasteiger partial charge in [0.05, 0.1) is 18.9 Å². The SMILES string of the molecule is COC(=O)c1ccn2c(I)cnc2c1. The highest BCUT2D eigenvalue weighted by Gasteiger charge is 2.07. The van der Waals surface area contributed by atoms with Crippen molar-refractivity contribution in [3.63, 3.8) is 0 Å². The molecule has 2 aromatic rings. The summed E-state index contributed by atoms with van der Waals surface area (Å²) >= 11 is 2.18. The maximum absolute atomic E-state index is 11.2. The summed E-state index contributed by atoms with van der Waals surface area (Å²) in [7, 11) is 1.36. The van der Waals surface area contributed by atoms with Gasteiger partial charge in [-0.25, -0.2) is 9.78 Å². The lowest BCUT2D eigenvalue weighted by Crippen LogP contribution is -2.02. The van der Waals surface area contributed by atoms with Gasteiger partial charge in [0.15, 0.2) is 0 Å². The fourth-order valence-corrected chi connectivity index (χ4v) is 1.74. The van der Waals surface area contributed by atoms with Gasteiger partial charge in [0.1, 0.15) is 9.35 Å². The number of fused-ring (bicyclic) bond motifs is 1. The summed E-state index contributed by atoms with van der Waals surface area (Å²) in [5.74, 6) is -0.342. The molecule has 4 nitrogen and oxygen atoms in total. The van der Waals surface area contributed by atoms with E-state index in [2.05, 4.69) is 32.3 Å². The van der Waals surface area contributed by atoms with E-state index in [-0.39, 0.29) is 5.97 Å². The van der Waals surface area contributed by atoms with E-state index < -0.39 is 0 Å². The van der Waals surface area contributed by atoms with Gasteiger partial charge in [-0.15, -0.1) is 0 Å². The van der Waals surface area contributed by atoms with Gasteiger partial charge < -0.3 is 4.74 Å². The Labute approximate surface area is 94.0 Å². The molecule has 0 N–H and O–H groups in total. The molecule has 0 radical (unpaired) electrons. The number of esters is 1. The molecule has 0 spiro atoms. The molecule has 2 aromatic heterocycles. The molecule has 0 aliphatic heterocycles. The number of halogens is 1. The molecule has 0 amide bonds. The lowest BCUT2D eigenvalue weighted by atomic mass is 10.3. The number of hydrogen-bond donors (Lipinski definition) is 0. The van der Waals surface area contributed by atoms with Gasteiger partial charge in [-0.05, 0) is 34.7 Å². The zero-order valence-corrected chi connectivity index (χ0v) is 9.56. The summed E-state index contributed by atoms with van der Waals surface area (Å²) in [5.41, 5.74) is 1.26. The van der Waals surface area contributed by atoms with Gasteiger partial charge in [0, 0.05) is 6.20 Å². The monoisotopic (exact) mass is 302 g/mol. The number of carbonyl (C=O) groups excluding carboxylic acids is 1. The molecule has 0 saturated heterocycles. The van der Waals surface area contributed by atoms with Crippen LogP contribution < -0.4 is 0 Å². The van der Waals surface area contributed by atoms with Crippen LogP contribution in [-0.4, -0.2) is 22.5 Å². The van der Waals surface area contributed by atoms with Gasteiger partial charge >= 0.3 is 5.97 Å². The van der Waals surface area contributed by atoms with E-state index in [1.807, 2.05) is 4.40 Å². The fourth-order valence-electron chi connectivity index (χ4n) is 1.19. The molecule has 0 saturated carbocycles. The average Bonchev–Trinajstić information content (AvgIpc) is 2.59. The second-order valence-electron chi connectivity index (χ2n) is 2.72. The Morgan fingerprint density at radius 1 is 1.64 bits per heavy atom. The summed E-state index contributed by atoms with van der Waals surface area (Å²) in [6.45, 7) is 0. The zero-order valence-electron chi connectivity index (χ0n) is 7.40. The largest absolute Gasteiger partial charge is 0.465 e. The first-order valence-electron chi connectivity index (χ1n) is 3.93. The highest BCUT2D eigenvalue weighted by molar-refractivity contribution is 14.1. The predicted molar refractivity (Wildman–Crippen MR) is 59.2 cm³/mol. The molecule has 0 aliphatic rings. The molecule has 14 heavy (non-hydrogen) atoms. The third-order valence-electron chi connectivity index (χ3n) is 1.89. The molecule has 0 atom stereocenters. The lowest BCUT2D eigenvalue weighted by Gasteiger charge is -1.99. The molecule has 2 heterocycles. The first-order chi connectivity index (χ1) is 6.72. The Bertz CT molecular complexity index is 493. The van der Waals surface area contributed by atoms with Crippen molar-refractivity contribution in [3.8, 4) is 0 Å². The van der Waals surface area contributed by atoms with Crippen LogP contribution in [0.15, 0.2) is 24.5 Å². The van der Waals surface area contributed by atoms with E-state index >= 15 is 0 Å². The number of ether oxygens (including phenoxy) is 1. The summed E-state index contributed by atoms with van der Waals surface area (Å²) in [5, 5.41) is 0. The number of carbonyl (C=O) groups is 1. The average molecular weight is 302 g/mol. The van der Waals surface area contributed by atoms with E-state index in [9.17, 15) is 4.79 Å². The molecular weight excluding hydrogens is 295 g/mol. The first-order valence-corrected chi connectivity index (χ1v) is 5.01.